The van der Waals surface area contributed by atoms with Gasteiger partial charge < -0.3 is 21.1 Å². The van der Waals surface area contributed by atoms with E-state index in [0.717, 1.165) is 55.5 Å². The maximum Gasteiger partial charge on any atom is 0.275 e. The second kappa shape index (κ2) is 10.4. The Hall–Kier alpha value is -3.42. The van der Waals surface area contributed by atoms with Crippen molar-refractivity contribution in [2.45, 2.75) is 43.0 Å². The van der Waals surface area contributed by atoms with Crippen molar-refractivity contribution in [2.24, 2.45) is 5.41 Å². The fourth-order valence-electron chi connectivity index (χ4n) is 4.17. The molecule has 11 nitrogen and oxygen atoms in total. The number of nitrogens with zero attached hydrogens (tertiary/aromatic N) is 6. The van der Waals surface area contributed by atoms with E-state index in [1.165, 1.54) is 10.6 Å². The summed E-state index contributed by atoms with van der Waals surface area (Å²) in [7, 11) is 0. The molecule has 0 atom stereocenters. The summed E-state index contributed by atoms with van der Waals surface area (Å²) in [6.45, 7) is 6.21. The molecule has 0 aliphatic carbocycles. The zero-order valence-corrected chi connectivity index (χ0v) is 23.0. The number of nitrogen functional groups attached to an aromatic ring is 1. The van der Waals surface area contributed by atoms with E-state index in [0.29, 0.717) is 21.3 Å². The Morgan fingerprint density at radius 2 is 2.05 bits per heavy atom. The second-order valence-corrected chi connectivity index (χ2v) is 11.6. The Morgan fingerprint density at radius 3 is 2.76 bits per heavy atom. The van der Waals surface area contributed by atoms with E-state index < -0.39 is 22.9 Å². The number of aromatic hydroxyl groups is 1. The van der Waals surface area contributed by atoms with Crippen molar-refractivity contribution in [1.82, 2.24) is 24.6 Å². The van der Waals surface area contributed by atoms with Crippen LogP contribution in [0, 0.1) is 5.41 Å². The van der Waals surface area contributed by atoms with Crippen LogP contribution in [0.2, 0.25) is 5.02 Å². The van der Waals surface area contributed by atoms with Crippen LogP contribution in [-0.2, 0) is 0 Å². The zero-order valence-electron chi connectivity index (χ0n) is 20.6. The molecule has 198 valence electrons. The number of nitrogens with one attached hydrogen (secondary N) is 1. The number of carbonyl (C=O) groups is 1. The van der Waals surface area contributed by atoms with Gasteiger partial charge in [0.2, 0.25) is 11.8 Å². The number of halogens is 1. The minimum Gasteiger partial charge on any atom is -0.492 e. The molecule has 4 aromatic rings. The largest absolute Gasteiger partial charge is 0.492 e. The maximum absolute atomic E-state index is 12.9. The molecule has 14 heteroatoms. The van der Waals surface area contributed by atoms with Gasteiger partial charge in [-0.3, -0.25) is 14.0 Å². The van der Waals surface area contributed by atoms with Crippen molar-refractivity contribution < 1.29 is 9.90 Å². The first-order chi connectivity index (χ1) is 18.2. The first kappa shape index (κ1) is 26.2. The van der Waals surface area contributed by atoms with Gasteiger partial charge in [-0.25, -0.2) is 0 Å². The van der Waals surface area contributed by atoms with Crippen molar-refractivity contribution in [3.63, 3.8) is 0 Å². The predicted octanol–water partition coefficient (Wildman–Crippen LogP) is 4.30. The fourth-order valence-corrected chi connectivity index (χ4v) is 5.95. The topological polar surface area (TPSA) is 152 Å². The van der Waals surface area contributed by atoms with E-state index in [9.17, 15) is 14.7 Å². The highest BCUT2D eigenvalue weighted by Crippen LogP contribution is 2.39. The molecule has 0 unspecified atom stereocenters. The second-order valence-electron chi connectivity index (χ2n) is 9.30. The monoisotopic (exact) mass is 572 g/mol. The number of benzene rings is 1. The van der Waals surface area contributed by atoms with E-state index in [1.807, 2.05) is 0 Å². The van der Waals surface area contributed by atoms with Crippen LogP contribution in [-0.4, -0.2) is 48.7 Å². The highest BCUT2D eigenvalue weighted by molar-refractivity contribution is 7.99. The molecule has 1 fully saturated rings. The fraction of sp³-hybridized carbons (Fsp3) is 0.333. The first-order valence-corrected chi connectivity index (χ1v) is 14.0. The summed E-state index contributed by atoms with van der Waals surface area (Å²) in [6.07, 6.45) is 4.72. The lowest BCUT2D eigenvalue weighted by Crippen LogP contribution is -2.39. The van der Waals surface area contributed by atoms with Gasteiger partial charge in [-0.15, -0.1) is 21.5 Å². The Kier molecular flexibility index (Phi) is 7.16. The number of aromatic nitrogens is 5. The molecule has 1 aliphatic heterocycles. The Morgan fingerprint density at radius 1 is 1.29 bits per heavy atom. The molecule has 38 heavy (non-hydrogen) atoms. The van der Waals surface area contributed by atoms with Crippen molar-refractivity contribution in [2.75, 3.05) is 29.0 Å². The minimum absolute atomic E-state index is 0.204. The van der Waals surface area contributed by atoms with E-state index in [-0.39, 0.29) is 21.5 Å². The lowest BCUT2D eigenvalue weighted by Gasteiger charge is -2.38. The third-order valence-electron chi connectivity index (χ3n) is 6.87. The summed E-state index contributed by atoms with van der Waals surface area (Å²) in [5.41, 5.74) is 5.63. The molecule has 5 rings (SSSR count). The number of piperidine rings is 1. The van der Waals surface area contributed by atoms with Crippen molar-refractivity contribution in [1.29, 1.82) is 0 Å². The van der Waals surface area contributed by atoms with E-state index >= 15 is 0 Å². The summed E-state index contributed by atoms with van der Waals surface area (Å²) in [6, 6.07) is 4.99. The number of carbonyl (C=O) groups excluding carboxylic acids is 1. The van der Waals surface area contributed by atoms with Crippen LogP contribution in [0.1, 0.15) is 43.5 Å². The molecule has 1 saturated heterocycles. The smallest absolute Gasteiger partial charge is 0.275 e. The number of rotatable bonds is 6. The van der Waals surface area contributed by atoms with Crippen LogP contribution >= 0.6 is 34.7 Å². The molecule has 4 N–H and O–H groups in total. The highest BCUT2D eigenvalue weighted by atomic mass is 35.5. The summed E-state index contributed by atoms with van der Waals surface area (Å²) >= 11 is 8.90. The summed E-state index contributed by atoms with van der Waals surface area (Å²) in [5.74, 6) is -0.767. The first-order valence-electron chi connectivity index (χ1n) is 11.9. The number of amides is 1. The average Bonchev–Trinajstić information content (AvgIpc) is 3.37. The lowest BCUT2D eigenvalue weighted by atomic mass is 9.78. The van der Waals surface area contributed by atoms with Gasteiger partial charge in [-0.2, -0.15) is 9.97 Å². The van der Waals surface area contributed by atoms with Crippen molar-refractivity contribution >= 4 is 63.0 Å². The van der Waals surface area contributed by atoms with Gasteiger partial charge in [0.05, 0.1) is 10.7 Å². The molecular weight excluding hydrogens is 548 g/mol. The normalized spacial score (nSPS) is 15.1. The molecule has 1 amide bonds. The predicted molar refractivity (Wildman–Crippen MR) is 149 cm³/mol. The van der Waals surface area contributed by atoms with E-state index in [4.69, 9.17) is 17.3 Å². The van der Waals surface area contributed by atoms with E-state index in [1.54, 1.807) is 23.6 Å². The summed E-state index contributed by atoms with van der Waals surface area (Å²) in [4.78, 5) is 36.9. The Bertz CT molecular complexity index is 1580. The quantitative estimate of drug-likeness (QED) is 0.305. The van der Waals surface area contributed by atoms with Gasteiger partial charge in [-0.05, 0) is 30.4 Å². The molecule has 1 aliphatic rings. The number of hydrogen-bond acceptors (Lipinski definition) is 11. The van der Waals surface area contributed by atoms with Crippen LogP contribution < -0.4 is 21.5 Å². The van der Waals surface area contributed by atoms with E-state index in [2.05, 4.69) is 44.2 Å². The standard InChI is InChI=1S/C24H25ClN8O3S2/c1-3-24(2)7-9-32(10-8-24)22-28-17(26)20(30-31-22)38-14-6-4-5-13(16(14)25)27-18(34)15-19(35)29-23-33(21(15)36)11-12-37-23/h4-6,11-12,35H,3,7-10H2,1-2H3,(H,27,34)(H2,26,28,31). The number of thiazole rings is 1. The molecule has 0 saturated carbocycles. The van der Waals surface area contributed by atoms with Crippen LogP contribution in [0.5, 0.6) is 5.88 Å². The van der Waals surface area contributed by atoms with Gasteiger partial charge in [0.25, 0.3) is 11.5 Å². The van der Waals surface area contributed by atoms with Crippen LogP contribution in [0.4, 0.5) is 17.5 Å². The molecule has 0 radical (unpaired) electrons. The number of nitrogens with two attached hydrogens (primary N) is 1. The molecule has 3 aromatic heterocycles. The maximum atomic E-state index is 12.9. The van der Waals surface area contributed by atoms with Gasteiger partial charge in [-0.1, -0.05) is 49.7 Å². The molecule has 4 heterocycles. The van der Waals surface area contributed by atoms with Gasteiger partial charge in [0.1, 0.15) is 0 Å². The van der Waals surface area contributed by atoms with Gasteiger partial charge in [0.15, 0.2) is 21.4 Å². The number of anilines is 3. The van der Waals surface area contributed by atoms with Gasteiger partial charge in [0, 0.05) is 29.6 Å². The van der Waals surface area contributed by atoms with Crippen molar-refractivity contribution in [3.8, 4) is 5.88 Å². The minimum atomic E-state index is -0.837. The average molecular weight is 573 g/mol. The Labute approximate surface area is 231 Å². The third kappa shape index (κ3) is 5.00. The molecule has 1 aromatic carbocycles. The molecule has 0 bridgehead atoms. The van der Waals surface area contributed by atoms with Gasteiger partial charge >= 0.3 is 0 Å². The molecular formula is C24H25ClN8O3S2. The number of fused-ring (bicyclic) bond motifs is 1. The Balaban J connectivity index is 1.33. The number of hydrogen-bond donors (Lipinski definition) is 3. The van der Waals surface area contributed by atoms with Crippen LogP contribution in [0.15, 0.2) is 44.5 Å². The lowest BCUT2D eigenvalue weighted by molar-refractivity contribution is 0.102. The highest BCUT2D eigenvalue weighted by Gasteiger charge is 2.30. The SMILES string of the molecule is CCC1(C)CCN(c2nnc(Sc3cccc(NC(=O)c4c(O)nc5sccn5c4=O)c3Cl)c(N)n2)CC1. The zero-order chi connectivity index (χ0) is 27.0. The van der Waals surface area contributed by atoms with Crippen LogP contribution in [0.3, 0.4) is 0 Å². The molecule has 0 spiro atoms. The van der Waals surface area contributed by atoms with Crippen LogP contribution in [0.25, 0.3) is 4.96 Å². The third-order valence-corrected chi connectivity index (χ3v) is 9.19. The summed E-state index contributed by atoms with van der Waals surface area (Å²) in [5, 5.41) is 23.6. The van der Waals surface area contributed by atoms with Crippen molar-refractivity contribution in [3.05, 3.63) is 50.7 Å². The summed E-state index contributed by atoms with van der Waals surface area (Å²) < 4.78 is 1.19.